The van der Waals surface area contributed by atoms with Crippen molar-refractivity contribution in [3.63, 3.8) is 0 Å². The first-order chi connectivity index (χ1) is 10.2. The van der Waals surface area contributed by atoms with Crippen molar-refractivity contribution >= 4 is 15.9 Å². The number of hydrogen-bond donors (Lipinski definition) is 1. The Morgan fingerprint density at radius 1 is 1.32 bits per heavy atom. The summed E-state index contributed by atoms with van der Waals surface area (Å²) in [6.07, 6.45) is 4.67. The number of nitrogens with zero attached hydrogens (tertiary/aromatic N) is 2. The molecule has 1 aliphatic carbocycles. The highest BCUT2D eigenvalue weighted by Crippen LogP contribution is 2.38. The molecule has 0 aromatic carbocycles. The molecule has 122 valence electrons. The van der Waals surface area contributed by atoms with Gasteiger partial charge in [-0.05, 0) is 12.8 Å². The number of hydrogen-bond acceptors (Lipinski definition) is 4. The summed E-state index contributed by atoms with van der Waals surface area (Å²) in [5.41, 5.74) is -4.69. The Balaban J connectivity index is 1.82. The maximum Gasteiger partial charge on any atom is 0.516 e. The molecular formula is C12H14F3N3O3S. The first-order valence-electron chi connectivity index (χ1n) is 6.74. The summed E-state index contributed by atoms with van der Waals surface area (Å²) in [6, 6.07) is -0.147. The summed E-state index contributed by atoms with van der Waals surface area (Å²) >= 11 is 0. The third-order valence-corrected chi connectivity index (χ3v) is 5.58. The topological polar surface area (TPSA) is 69.7 Å². The molecule has 1 atom stereocenters. The van der Waals surface area contributed by atoms with Crippen LogP contribution in [-0.2, 0) is 14.8 Å². The van der Waals surface area contributed by atoms with E-state index >= 15 is 0 Å². The number of halogens is 3. The summed E-state index contributed by atoms with van der Waals surface area (Å²) in [4.78, 5) is 13.3. The number of allylic oxidation sites excluding steroid dienone is 1. The lowest BCUT2D eigenvalue weighted by molar-refractivity contribution is -0.128. The molecule has 0 spiro atoms. The largest absolute Gasteiger partial charge is 0.516 e. The van der Waals surface area contributed by atoms with Crippen molar-refractivity contribution in [1.82, 2.24) is 14.5 Å². The van der Waals surface area contributed by atoms with E-state index in [0.29, 0.717) is 29.3 Å². The molecule has 22 heavy (non-hydrogen) atoms. The lowest BCUT2D eigenvalue weighted by Crippen LogP contribution is -2.40. The van der Waals surface area contributed by atoms with Gasteiger partial charge in [0.25, 0.3) is 0 Å². The lowest BCUT2D eigenvalue weighted by Gasteiger charge is -2.31. The minimum atomic E-state index is -5.38. The van der Waals surface area contributed by atoms with Crippen LogP contribution >= 0.6 is 0 Å². The van der Waals surface area contributed by atoms with E-state index in [4.69, 9.17) is 0 Å². The molecule has 2 heterocycles. The zero-order valence-electron chi connectivity index (χ0n) is 11.4. The van der Waals surface area contributed by atoms with Crippen LogP contribution in [0.5, 0.6) is 0 Å². The summed E-state index contributed by atoms with van der Waals surface area (Å²) in [5.74, 6) is -0.0492. The standard InChI is InChI=1S/C12H14F3N3O3S/c13-12(14,15)22(20,21)18-7-16-9-6-8(3-4-10(9)18)17-5-1-2-11(17)19/h1,5,8,16H,2-4,6-7H2. The average Bonchev–Trinajstić information content (AvgIpc) is 3.02. The molecule has 6 nitrogen and oxygen atoms in total. The van der Waals surface area contributed by atoms with E-state index in [0.717, 1.165) is 0 Å². The van der Waals surface area contributed by atoms with E-state index in [2.05, 4.69) is 5.32 Å². The van der Waals surface area contributed by atoms with Gasteiger partial charge in [0.15, 0.2) is 0 Å². The molecule has 0 saturated carbocycles. The Morgan fingerprint density at radius 3 is 2.64 bits per heavy atom. The molecule has 0 bridgehead atoms. The molecule has 0 aromatic heterocycles. The van der Waals surface area contributed by atoms with Crippen LogP contribution in [0.2, 0.25) is 0 Å². The number of alkyl halides is 3. The monoisotopic (exact) mass is 337 g/mol. The van der Waals surface area contributed by atoms with E-state index in [9.17, 15) is 26.4 Å². The highest BCUT2D eigenvalue weighted by atomic mass is 32.2. The minimum Gasteiger partial charge on any atom is -0.369 e. The van der Waals surface area contributed by atoms with Gasteiger partial charge < -0.3 is 10.2 Å². The zero-order chi connectivity index (χ0) is 16.1. The van der Waals surface area contributed by atoms with Crippen LogP contribution in [-0.4, -0.2) is 41.7 Å². The van der Waals surface area contributed by atoms with Crippen molar-refractivity contribution < 1.29 is 26.4 Å². The second-order valence-electron chi connectivity index (χ2n) is 5.35. The van der Waals surface area contributed by atoms with Crippen molar-refractivity contribution in [2.75, 3.05) is 6.67 Å². The van der Waals surface area contributed by atoms with Crippen LogP contribution < -0.4 is 5.32 Å². The third-order valence-electron chi connectivity index (χ3n) is 4.06. The van der Waals surface area contributed by atoms with Gasteiger partial charge in [-0.15, -0.1) is 0 Å². The van der Waals surface area contributed by atoms with Gasteiger partial charge in [-0.2, -0.15) is 21.6 Å². The molecule has 0 fully saturated rings. The molecule has 10 heteroatoms. The van der Waals surface area contributed by atoms with E-state index in [-0.39, 0.29) is 24.1 Å². The van der Waals surface area contributed by atoms with Crippen LogP contribution in [0.25, 0.3) is 0 Å². The van der Waals surface area contributed by atoms with Crippen molar-refractivity contribution in [3.8, 4) is 0 Å². The van der Waals surface area contributed by atoms with Gasteiger partial charge in [-0.3, -0.25) is 4.79 Å². The van der Waals surface area contributed by atoms with E-state index in [1.807, 2.05) is 0 Å². The van der Waals surface area contributed by atoms with E-state index in [1.54, 1.807) is 17.2 Å². The molecule has 1 N–H and O–H groups in total. The molecule has 2 aliphatic heterocycles. The molecular weight excluding hydrogens is 323 g/mol. The maximum absolute atomic E-state index is 12.7. The van der Waals surface area contributed by atoms with Crippen molar-refractivity contribution in [2.45, 2.75) is 37.2 Å². The SMILES string of the molecule is O=C1CC=CN1C1CCC2=C(C1)NCN2S(=O)(=O)C(F)(F)F. The predicted molar refractivity (Wildman–Crippen MR) is 70.1 cm³/mol. The first-order valence-corrected chi connectivity index (χ1v) is 8.18. The van der Waals surface area contributed by atoms with E-state index in [1.165, 1.54) is 0 Å². The fourth-order valence-electron chi connectivity index (χ4n) is 3.00. The Morgan fingerprint density at radius 2 is 2.05 bits per heavy atom. The van der Waals surface area contributed by atoms with E-state index < -0.39 is 22.2 Å². The predicted octanol–water partition coefficient (Wildman–Crippen LogP) is 1.21. The summed E-state index contributed by atoms with van der Waals surface area (Å²) < 4.78 is 61.5. The van der Waals surface area contributed by atoms with Gasteiger partial charge >= 0.3 is 15.5 Å². The van der Waals surface area contributed by atoms with Crippen LogP contribution in [0.15, 0.2) is 23.7 Å². The molecule has 0 radical (unpaired) electrons. The Bertz CT molecular complexity index is 669. The number of sulfonamides is 1. The van der Waals surface area contributed by atoms with Gasteiger partial charge in [-0.1, -0.05) is 6.08 Å². The molecule has 1 amide bonds. The average molecular weight is 337 g/mol. The summed E-state index contributed by atoms with van der Waals surface area (Å²) in [5, 5.41) is 2.72. The number of rotatable bonds is 2. The summed E-state index contributed by atoms with van der Waals surface area (Å²) in [7, 11) is -5.38. The normalized spacial score (nSPS) is 25.8. The van der Waals surface area contributed by atoms with Gasteiger partial charge in [0.1, 0.15) is 6.67 Å². The van der Waals surface area contributed by atoms with Crippen LogP contribution in [0.3, 0.4) is 0 Å². The Labute approximate surface area is 125 Å². The summed E-state index contributed by atoms with van der Waals surface area (Å²) in [6.45, 7) is -0.414. The van der Waals surface area contributed by atoms with Crippen LogP contribution in [0.1, 0.15) is 25.7 Å². The van der Waals surface area contributed by atoms with Gasteiger partial charge in [0.2, 0.25) is 5.91 Å². The number of nitrogens with one attached hydrogen (secondary N) is 1. The second kappa shape index (κ2) is 4.90. The lowest BCUT2D eigenvalue weighted by atomic mass is 9.96. The van der Waals surface area contributed by atoms with Crippen molar-refractivity contribution in [2.24, 2.45) is 0 Å². The quantitative estimate of drug-likeness (QED) is 0.822. The minimum absolute atomic E-state index is 0.0492. The zero-order valence-corrected chi connectivity index (χ0v) is 12.2. The number of amides is 1. The van der Waals surface area contributed by atoms with Crippen molar-refractivity contribution in [1.29, 1.82) is 0 Å². The highest BCUT2D eigenvalue weighted by molar-refractivity contribution is 7.90. The smallest absolute Gasteiger partial charge is 0.369 e. The Kier molecular flexibility index (Phi) is 3.38. The first kappa shape index (κ1) is 15.2. The third kappa shape index (κ3) is 2.25. The second-order valence-corrected chi connectivity index (χ2v) is 7.20. The number of carbonyl (C=O) groups excluding carboxylic acids is 1. The Hall–Kier alpha value is -1.71. The maximum atomic E-state index is 12.7. The van der Waals surface area contributed by atoms with Gasteiger partial charge in [0.05, 0.1) is 5.70 Å². The molecule has 1 unspecified atom stereocenters. The van der Waals surface area contributed by atoms with Gasteiger partial charge in [-0.25, -0.2) is 4.31 Å². The molecule has 3 aliphatic rings. The van der Waals surface area contributed by atoms with Crippen LogP contribution in [0.4, 0.5) is 13.2 Å². The molecule has 0 saturated heterocycles. The van der Waals surface area contributed by atoms with Crippen LogP contribution in [0, 0.1) is 0 Å². The van der Waals surface area contributed by atoms with Gasteiger partial charge in [0, 0.05) is 30.8 Å². The van der Waals surface area contributed by atoms with Crippen molar-refractivity contribution in [3.05, 3.63) is 23.7 Å². The molecule has 3 rings (SSSR count). The molecule has 0 aromatic rings. The fraction of sp³-hybridized carbons (Fsp3) is 0.583. The number of carbonyl (C=O) groups is 1. The highest BCUT2D eigenvalue weighted by Gasteiger charge is 2.52. The fourth-order valence-corrected chi connectivity index (χ4v) is 3.97.